The van der Waals surface area contributed by atoms with Gasteiger partial charge in [-0.15, -0.1) is 11.3 Å². The fourth-order valence-electron chi connectivity index (χ4n) is 1.76. The minimum Gasteiger partial charge on any atom is -0.399 e. The summed E-state index contributed by atoms with van der Waals surface area (Å²) in [6.07, 6.45) is 1.02. The monoisotopic (exact) mass is 271 g/mol. The Labute approximate surface area is 114 Å². The second-order valence-corrected chi connectivity index (χ2v) is 5.33. The van der Waals surface area contributed by atoms with Crippen molar-refractivity contribution in [2.75, 3.05) is 5.73 Å². The largest absolute Gasteiger partial charge is 0.399 e. The summed E-state index contributed by atoms with van der Waals surface area (Å²) in [5, 5.41) is 4.01. The second kappa shape index (κ2) is 4.85. The number of hydrogen-bond acceptors (Lipinski definition) is 5. The summed E-state index contributed by atoms with van der Waals surface area (Å²) < 4.78 is 5.31. The number of aryl methyl sites for hydroxylation is 1. The number of aromatic nitrogens is 2. The van der Waals surface area contributed by atoms with Gasteiger partial charge in [0.2, 0.25) is 5.82 Å². The van der Waals surface area contributed by atoms with Crippen molar-refractivity contribution in [2.24, 2.45) is 0 Å². The van der Waals surface area contributed by atoms with E-state index in [0.717, 1.165) is 22.5 Å². The molecule has 3 rings (SSSR count). The quantitative estimate of drug-likeness (QED) is 0.739. The third kappa shape index (κ3) is 2.37. The molecule has 0 spiro atoms. The van der Waals surface area contributed by atoms with E-state index >= 15 is 0 Å². The molecular formula is C14H13N3OS. The van der Waals surface area contributed by atoms with Crippen LogP contribution >= 0.6 is 11.3 Å². The molecule has 0 radical (unpaired) electrons. The Morgan fingerprint density at radius 3 is 2.63 bits per heavy atom. The summed E-state index contributed by atoms with van der Waals surface area (Å²) in [4.78, 5) is 6.73. The highest BCUT2D eigenvalue weighted by atomic mass is 32.1. The smallest absolute Gasteiger partial charge is 0.268 e. The summed E-state index contributed by atoms with van der Waals surface area (Å²) in [6, 6.07) is 11.5. The van der Waals surface area contributed by atoms with Crippen LogP contribution in [0.5, 0.6) is 0 Å². The van der Waals surface area contributed by atoms with E-state index < -0.39 is 0 Å². The molecule has 96 valence electrons. The summed E-state index contributed by atoms with van der Waals surface area (Å²) >= 11 is 1.68. The van der Waals surface area contributed by atoms with Crippen LogP contribution in [0.4, 0.5) is 5.69 Å². The molecule has 2 aromatic heterocycles. The molecule has 0 aliphatic rings. The zero-order chi connectivity index (χ0) is 13.2. The van der Waals surface area contributed by atoms with Crippen LogP contribution in [0.25, 0.3) is 22.2 Å². The van der Waals surface area contributed by atoms with Gasteiger partial charge in [0.25, 0.3) is 5.89 Å². The van der Waals surface area contributed by atoms with Gasteiger partial charge in [-0.2, -0.15) is 4.98 Å². The van der Waals surface area contributed by atoms with Crippen LogP contribution in [0.3, 0.4) is 0 Å². The number of rotatable bonds is 3. The lowest BCUT2D eigenvalue weighted by atomic mass is 10.2. The van der Waals surface area contributed by atoms with Crippen molar-refractivity contribution in [3.8, 4) is 22.2 Å². The Bertz CT molecular complexity index is 685. The van der Waals surface area contributed by atoms with Gasteiger partial charge in [0.15, 0.2) is 0 Å². The SMILES string of the molecule is CCc1ccc(-c2nc(-c3ccc(N)cc3)no2)s1. The number of nitrogen functional groups attached to an aromatic ring is 1. The van der Waals surface area contributed by atoms with Gasteiger partial charge < -0.3 is 10.3 Å². The molecule has 0 bridgehead atoms. The molecule has 2 heterocycles. The minimum absolute atomic E-state index is 0.566. The minimum atomic E-state index is 0.566. The molecule has 2 N–H and O–H groups in total. The van der Waals surface area contributed by atoms with E-state index in [9.17, 15) is 0 Å². The van der Waals surface area contributed by atoms with Gasteiger partial charge in [0.05, 0.1) is 4.88 Å². The zero-order valence-electron chi connectivity index (χ0n) is 10.5. The van der Waals surface area contributed by atoms with Crippen molar-refractivity contribution >= 4 is 17.0 Å². The van der Waals surface area contributed by atoms with Crippen LogP contribution in [-0.2, 0) is 6.42 Å². The van der Waals surface area contributed by atoms with Gasteiger partial charge in [-0.05, 0) is 42.8 Å². The Kier molecular flexibility index (Phi) is 3.05. The number of thiophene rings is 1. The maximum Gasteiger partial charge on any atom is 0.268 e. The molecule has 0 saturated carbocycles. The molecule has 0 aliphatic heterocycles. The highest BCUT2D eigenvalue weighted by Crippen LogP contribution is 2.28. The fraction of sp³-hybridized carbons (Fsp3) is 0.143. The third-order valence-corrected chi connectivity index (χ3v) is 4.03. The van der Waals surface area contributed by atoms with Crippen molar-refractivity contribution in [3.63, 3.8) is 0 Å². The lowest BCUT2D eigenvalue weighted by molar-refractivity contribution is 0.433. The van der Waals surface area contributed by atoms with Gasteiger partial charge in [-0.3, -0.25) is 0 Å². The molecule has 5 heteroatoms. The standard InChI is InChI=1S/C14H13N3OS/c1-2-11-7-8-12(19-11)14-16-13(17-18-14)9-3-5-10(15)6-4-9/h3-8H,2,15H2,1H3. The third-order valence-electron chi connectivity index (χ3n) is 2.82. The second-order valence-electron chi connectivity index (χ2n) is 4.16. The summed E-state index contributed by atoms with van der Waals surface area (Å²) in [5.74, 6) is 1.15. The van der Waals surface area contributed by atoms with Crippen LogP contribution < -0.4 is 5.73 Å². The molecule has 0 aliphatic carbocycles. The van der Waals surface area contributed by atoms with E-state index in [-0.39, 0.29) is 0 Å². The molecule has 1 aromatic carbocycles. The van der Waals surface area contributed by atoms with Crippen molar-refractivity contribution in [2.45, 2.75) is 13.3 Å². The molecule has 0 atom stereocenters. The first-order chi connectivity index (χ1) is 9.26. The number of hydrogen-bond donors (Lipinski definition) is 1. The van der Waals surface area contributed by atoms with Crippen molar-refractivity contribution in [3.05, 3.63) is 41.3 Å². The normalized spacial score (nSPS) is 10.8. The van der Waals surface area contributed by atoms with E-state index in [1.165, 1.54) is 4.88 Å². The van der Waals surface area contributed by atoms with Crippen LogP contribution in [0.15, 0.2) is 40.9 Å². The van der Waals surface area contributed by atoms with Crippen molar-refractivity contribution in [1.82, 2.24) is 10.1 Å². The van der Waals surface area contributed by atoms with E-state index in [0.29, 0.717) is 11.7 Å². The molecular weight excluding hydrogens is 258 g/mol. The first-order valence-corrected chi connectivity index (χ1v) is 6.86. The topological polar surface area (TPSA) is 64.9 Å². The summed E-state index contributed by atoms with van der Waals surface area (Å²) in [7, 11) is 0. The average molecular weight is 271 g/mol. The summed E-state index contributed by atoms with van der Waals surface area (Å²) in [5.41, 5.74) is 7.28. The van der Waals surface area contributed by atoms with Crippen molar-refractivity contribution in [1.29, 1.82) is 0 Å². The molecule has 0 unspecified atom stereocenters. The van der Waals surface area contributed by atoms with Crippen molar-refractivity contribution < 1.29 is 4.52 Å². The average Bonchev–Trinajstić information content (AvgIpc) is 3.08. The molecule has 4 nitrogen and oxygen atoms in total. The van der Waals surface area contributed by atoms with Gasteiger partial charge in [-0.25, -0.2) is 0 Å². The number of anilines is 1. The van der Waals surface area contributed by atoms with E-state index in [2.05, 4.69) is 23.1 Å². The number of nitrogens with zero attached hydrogens (tertiary/aromatic N) is 2. The van der Waals surface area contributed by atoms with Crippen LogP contribution in [0.1, 0.15) is 11.8 Å². The zero-order valence-corrected chi connectivity index (χ0v) is 11.3. The molecule has 0 fully saturated rings. The Balaban J connectivity index is 1.92. The predicted molar refractivity (Wildman–Crippen MR) is 76.8 cm³/mol. The van der Waals surface area contributed by atoms with E-state index in [4.69, 9.17) is 10.3 Å². The maximum absolute atomic E-state index is 5.66. The Morgan fingerprint density at radius 2 is 1.95 bits per heavy atom. The van der Waals surface area contributed by atoms with Gasteiger partial charge >= 0.3 is 0 Å². The van der Waals surface area contributed by atoms with Crippen LogP contribution in [-0.4, -0.2) is 10.1 Å². The highest BCUT2D eigenvalue weighted by Gasteiger charge is 2.12. The number of nitrogens with two attached hydrogens (primary N) is 1. The predicted octanol–water partition coefficient (Wildman–Crippen LogP) is 3.61. The van der Waals surface area contributed by atoms with Gasteiger partial charge in [-0.1, -0.05) is 12.1 Å². The van der Waals surface area contributed by atoms with Crippen LogP contribution in [0.2, 0.25) is 0 Å². The fourth-order valence-corrected chi connectivity index (χ4v) is 2.63. The van der Waals surface area contributed by atoms with E-state index in [1.54, 1.807) is 11.3 Å². The van der Waals surface area contributed by atoms with Crippen LogP contribution in [0, 0.1) is 0 Å². The molecule has 19 heavy (non-hydrogen) atoms. The Morgan fingerprint density at radius 1 is 1.16 bits per heavy atom. The lowest BCUT2D eigenvalue weighted by Gasteiger charge is -1.94. The molecule has 3 aromatic rings. The van der Waals surface area contributed by atoms with Gasteiger partial charge in [0.1, 0.15) is 0 Å². The summed E-state index contributed by atoms with van der Waals surface area (Å²) in [6.45, 7) is 2.13. The first kappa shape index (κ1) is 11.9. The highest BCUT2D eigenvalue weighted by molar-refractivity contribution is 7.15. The maximum atomic E-state index is 5.66. The van der Waals surface area contributed by atoms with Gasteiger partial charge in [0, 0.05) is 16.1 Å². The van der Waals surface area contributed by atoms with E-state index in [1.807, 2.05) is 30.3 Å². The Hall–Kier alpha value is -2.14. The first-order valence-electron chi connectivity index (χ1n) is 6.05. The lowest BCUT2D eigenvalue weighted by Crippen LogP contribution is -1.85. The number of benzene rings is 1. The molecule has 0 saturated heterocycles. The molecule has 0 amide bonds.